The lowest BCUT2D eigenvalue weighted by molar-refractivity contribution is 0.256. The molecule has 0 radical (unpaired) electrons. The molecule has 0 unspecified atom stereocenters. The smallest absolute Gasteiger partial charge is 0.332 e. The number of anilines is 2. The van der Waals surface area contributed by atoms with E-state index >= 15 is 0 Å². The van der Waals surface area contributed by atoms with Crippen LogP contribution in [-0.4, -0.2) is 60.4 Å². The molecule has 2 heterocycles. The molecule has 8 nitrogen and oxygen atoms in total. The molecule has 0 spiro atoms. The van der Waals surface area contributed by atoms with E-state index in [1.165, 1.54) is 11.6 Å². The third-order valence-corrected chi connectivity index (χ3v) is 7.61. The molecular formula is C21H29Br2N5O3. The van der Waals surface area contributed by atoms with E-state index in [0.717, 1.165) is 64.1 Å². The van der Waals surface area contributed by atoms with Crippen LogP contribution in [0.2, 0.25) is 0 Å². The van der Waals surface area contributed by atoms with Gasteiger partial charge in [-0.1, -0.05) is 0 Å². The number of nitrogens with zero attached hydrogens (tertiary/aromatic N) is 4. The van der Waals surface area contributed by atoms with Gasteiger partial charge in [-0.2, -0.15) is 0 Å². The molecule has 3 rings (SSSR count). The van der Waals surface area contributed by atoms with E-state index in [9.17, 15) is 9.59 Å². The second kappa shape index (κ2) is 10.2. The van der Waals surface area contributed by atoms with Crippen molar-refractivity contribution in [3.8, 4) is 5.75 Å². The summed E-state index contributed by atoms with van der Waals surface area (Å²) in [6.07, 6.45) is 0.927. The van der Waals surface area contributed by atoms with Gasteiger partial charge in [-0.05, 0) is 63.9 Å². The first-order chi connectivity index (χ1) is 14.7. The number of methoxy groups -OCH3 is 1. The molecule has 1 aliphatic rings. The van der Waals surface area contributed by atoms with E-state index in [-0.39, 0.29) is 11.2 Å². The van der Waals surface area contributed by atoms with E-state index in [1.807, 2.05) is 6.07 Å². The first-order valence-corrected chi connectivity index (χ1v) is 11.8. The maximum absolute atomic E-state index is 12.2. The van der Waals surface area contributed by atoms with E-state index in [0.29, 0.717) is 17.9 Å². The van der Waals surface area contributed by atoms with E-state index in [2.05, 4.69) is 53.0 Å². The second-order valence-corrected chi connectivity index (χ2v) is 9.44. The SMILES string of the molecule is COc1cc(Br)c(Br)cc1N1CCN(CCCNc2c(C)c(=O)n(C)c(=O)n2C)CC1. The Morgan fingerprint density at radius 3 is 2.32 bits per heavy atom. The van der Waals surface area contributed by atoms with E-state index in [4.69, 9.17) is 4.74 Å². The van der Waals surface area contributed by atoms with Gasteiger partial charge in [0.25, 0.3) is 5.56 Å². The van der Waals surface area contributed by atoms with Crippen LogP contribution in [0.3, 0.4) is 0 Å². The highest BCUT2D eigenvalue weighted by molar-refractivity contribution is 9.13. The third-order valence-electron chi connectivity index (χ3n) is 5.77. The maximum Gasteiger partial charge on any atom is 0.332 e. The summed E-state index contributed by atoms with van der Waals surface area (Å²) in [5.41, 5.74) is 1.09. The second-order valence-electron chi connectivity index (χ2n) is 7.73. The van der Waals surface area contributed by atoms with Crippen LogP contribution >= 0.6 is 31.9 Å². The summed E-state index contributed by atoms with van der Waals surface area (Å²) in [7, 11) is 4.89. The zero-order valence-electron chi connectivity index (χ0n) is 18.4. The molecule has 2 aromatic rings. The molecule has 1 saturated heterocycles. The standard InChI is InChI=1S/C21H29Br2N5O3/c1-14-19(25(2)21(30)26(3)20(14)29)24-6-5-7-27-8-10-28(11-9-27)17-12-15(22)16(23)13-18(17)31-4/h12-13,24H,5-11H2,1-4H3. The fourth-order valence-electron chi connectivity index (χ4n) is 3.91. The molecule has 1 fully saturated rings. The van der Waals surface area contributed by atoms with E-state index < -0.39 is 0 Å². The van der Waals surface area contributed by atoms with Crippen molar-refractivity contribution in [3.63, 3.8) is 0 Å². The highest BCUT2D eigenvalue weighted by atomic mass is 79.9. The van der Waals surface area contributed by atoms with Crippen LogP contribution in [0.5, 0.6) is 5.75 Å². The number of ether oxygens (including phenoxy) is 1. The van der Waals surface area contributed by atoms with Crippen LogP contribution in [0.1, 0.15) is 12.0 Å². The van der Waals surface area contributed by atoms with E-state index in [1.54, 1.807) is 21.1 Å². The van der Waals surface area contributed by atoms with Crippen molar-refractivity contribution >= 4 is 43.4 Å². The Kier molecular flexibility index (Phi) is 7.87. The third kappa shape index (κ3) is 5.18. The zero-order chi connectivity index (χ0) is 22.7. The van der Waals surface area contributed by atoms with Crippen LogP contribution in [-0.2, 0) is 14.1 Å². The lowest BCUT2D eigenvalue weighted by atomic mass is 10.2. The van der Waals surface area contributed by atoms with Crippen LogP contribution in [0, 0.1) is 6.92 Å². The number of halogens is 2. The molecule has 10 heteroatoms. The topological polar surface area (TPSA) is 71.7 Å². The fourth-order valence-corrected chi connectivity index (χ4v) is 4.57. The van der Waals surface area contributed by atoms with Crippen molar-refractivity contribution in [2.24, 2.45) is 14.1 Å². The number of piperazine rings is 1. The monoisotopic (exact) mass is 557 g/mol. The van der Waals surface area contributed by atoms with Crippen molar-refractivity contribution < 1.29 is 4.74 Å². The molecule has 0 atom stereocenters. The normalized spacial score (nSPS) is 14.7. The van der Waals surface area contributed by atoms with Gasteiger partial charge < -0.3 is 15.0 Å². The lowest BCUT2D eigenvalue weighted by Crippen LogP contribution is -2.47. The zero-order valence-corrected chi connectivity index (χ0v) is 21.5. The Hall–Kier alpha value is -1.78. The Morgan fingerprint density at radius 1 is 1.03 bits per heavy atom. The summed E-state index contributed by atoms with van der Waals surface area (Å²) < 4.78 is 10.2. The highest BCUT2D eigenvalue weighted by Crippen LogP contribution is 2.37. The van der Waals surface area contributed by atoms with Crippen LogP contribution in [0.4, 0.5) is 11.5 Å². The fraction of sp³-hybridized carbons (Fsp3) is 0.524. The minimum Gasteiger partial charge on any atom is -0.495 e. The summed E-state index contributed by atoms with van der Waals surface area (Å²) >= 11 is 7.11. The lowest BCUT2D eigenvalue weighted by Gasteiger charge is -2.36. The first kappa shape index (κ1) is 23.9. The number of benzene rings is 1. The van der Waals surface area contributed by atoms with Crippen LogP contribution in [0.15, 0.2) is 30.7 Å². The number of hydrogen-bond donors (Lipinski definition) is 1. The molecular weight excluding hydrogens is 530 g/mol. The molecule has 170 valence electrons. The average molecular weight is 559 g/mol. The predicted molar refractivity (Wildman–Crippen MR) is 132 cm³/mol. The Balaban J connectivity index is 1.52. The van der Waals surface area contributed by atoms with Crippen LogP contribution in [0.25, 0.3) is 0 Å². The van der Waals surface area contributed by atoms with Crippen molar-refractivity contribution in [1.29, 1.82) is 0 Å². The molecule has 1 aromatic heterocycles. The molecule has 1 aromatic carbocycles. The molecule has 1 aliphatic heterocycles. The number of hydrogen-bond acceptors (Lipinski definition) is 6. The van der Waals surface area contributed by atoms with Crippen LogP contribution < -0.4 is 26.2 Å². The minimum absolute atomic E-state index is 0.253. The number of aromatic nitrogens is 2. The predicted octanol–water partition coefficient (Wildman–Crippen LogP) is 2.55. The minimum atomic E-state index is -0.316. The van der Waals surface area contributed by atoms with Gasteiger partial charge in [-0.3, -0.25) is 18.8 Å². The van der Waals surface area contributed by atoms with Gasteiger partial charge in [0, 0.05) is 55.8 Å². The first-order valence-electron chi connectivity index (χ1n) is 10.3. The van der Waals surface area contributed by atoms with Crippen molar-refractivity contribution in [2.45, 2.75) is 13.3 Å². The van der Waals surface area contributed by atoms with Crippen molar-refractivity contribution in [2.75, 3.05) is 56.6 Å². The number of nitrogens with one attached hydrogen (secondary N) is 1. The highest BCUT2D eigenvalue weighted by Gasteiger charge is 2.20. The van der Waals surface area contributed by atoms with Crippen molar-refractivity contribution in [3.05, 3.63) is 47.5 Å². The molecule has 0 amide bonds. The van der Waals surface area contributed by atoms with Gasteiger partial charge in [0.2, 0.25) is 0 Å². The molecule has 0 saturated carbocycles. The van der Waals surface area contributed by atoms with Gasteiger partial charge in [0.15, 0.2) is 0 Å². The summed E-state index contributed by atoms with van der Waals surface area (Å²) in [4.78, 5) is 29.1. The van der Waals surface area contributed by atoms with Gasteiger partial charge >= 0.3 is 5.69 Å². The number of rotatable bonds is 7. The maximum atomic E-state index is 12.2. The summed E-state index contributed by atoms with van der Waals surface area (Å²) in [5.74, 6) is 1.47. The quantitative estimate of drug-likeness (QED) is 0.527. The molecule has 31 heavy (non-hydrogen) atoms. The summed E-state index contributed by atoms with van der Waals surface area (Å²) in [6, 6.07) is 4.09. The van der Waals surface area contributed by atoms with Gasteiger partial charge in [0.05, 0.1) is 18.4 Å². The Labute approximate surface area is 199 Å². The largest absolute Gasteiger partial charge is 0.495 e. The van der Waals surface area contributed by atoms with Crippen molar-refractivity contribution in [1.82, 2.24) is 14.0 Å². The summed E-state index contributed by atoms with van der Waals surface area (Å²) in [6.45, 7) is 7.22. The Bertz CT molecular complexity index is 1020. The van der Waals surface area contributed by atoms with Gasteiger partial charge in [0.1, 0.15) is 11.6 Å². The van der Waals surface area contributed by atoms with Gasteiger partial charge in [-0.25, -0.2) is 4.79 Å². The van der Waals surface area contributed by atoms with Gasteiger partial charge in [-0.15, -0.1) is 0 Å². The summed E-state index contributed by atoms with van der Waals surface area (Å²) in [5, 5.41) is 3.28. The Morgan fingerprint density at radius 2 is 1.68 bits per heavy atom. The average Bonchev–Trinajstić information content (AvgIpc) is 2.77. The molecule has 0 bridgehead atoms. The molecule has 1 N–H and O–H groups in total. The molecule has 0 aliphatic carbocycles.